The lowest BCUT2D eigenvalue weighted by atomic mass is 9.91. The number of anilines is 1. The van der Waals surface area contributed by atoms with Crippen molar-refractivity contribution in [3.05, 3.63) is 53.0 Å². The Balaban J connectivity index is 1.58. The molecular formula is C29H37N5O2. The second-order valence-electron chi connectivity index (χ2n) is 10.4. The van der Waals surface area contributed by atoms with Crippen molar-refractivity contribution in [3.8, 4) is 11.5 Å². The number of aromatic nitrogens is 1. The number of pyridine rings is 1. The van der Waals surface area contributed by atoms with Gasteiger partial charge >= 0.3 is 0 Å². The van der Waals surface area contributed by atoms with Gasteiger partial charge in [-0.3, -0.25) is 9.78 Å². The zero-order valence-corrected chi connectivity index (χ0v) is 21.6. The molecule has 2 aliphatic heterocycles. The van der Waals surface area contributed by atoms with Crippen LogP contribution in [0.1, 0.15) is 61.5 Å². The van der Waals surface area contributed by atoms with Crippen LogP contribution in [0.15, 0.2) is 30.5 Å². The number of hydrogen-bond donors (Lipinski definition) is 3. The van der Waals surface area contributed by atoms with Gasteiger partial charge in [-0.05, 0) is 96.7 Å². The van der Waals surface area contributed by atoms with Crippen molar-refractivity contribution in [2.75, 3.05) is 18.0 Å². The number of hydrogen-bond acceptors (Lipinski definition) is 6. The van der Waals surface area contributed by atoms with Crippen molar-refractivity contribution in [2.45, 2.75) is 71.4 Å². The highest BCUT2D eigenvalue weighted by atomic mass is 16.5. The summed E-state index contributed by atoms with van der Waals surface area (Å²) >= 11 is 0. The minimum Gasteiger partial charge on any atom is -0.454 e. The molecule has 3 aliphatic rings. The third-order valence-corrected chi connectivity index (χ3v) is 7.58. The highest BCUT2D eigenvalue weighted by Crippen LogP contribution is 2.45. The topological polar surface area (TPSA) is 90.3 Å². The van der Waals surface area contributed by atoms with E-state index in [1.807, 2.05) is 43.1 Å². The average molecular weight is 488 g/mol. The first-order valence-electron chi connectivity index (χ1n) is 13.2. The number of piperidine rings is 1. The first kappa shape index (κ1) is 24.5. The number of fused-ring (bicyclic) bond motifs is 1. The largest absolute Gasteiger partial charge is 0.454 e. The molecule has 1 aromatic heterocycles. The van der Waals surface area contributed by atoms with E-state index in [2.05, 4.69) is 28.6 Å². The van der Waals surface area contributed by atoms with E-state index in [1.54, 1.807) is 0 Å². The Kier molecular flexibility index (Phi) is 7.10. The molecule has 2 aromatic rings. The molecule has 2 fully saturated rings. The van der Waals surface area contributed by atoms with Gasteiger partial charge in [0, 0.05) is 52.8 Å². The maximum absolute atomic E-state index is 13.3. The van der Waals surface area contributed by atoms with Crippen LogP contribution in [-0.2, 0) is 11.2 Å². The summed E-state index contributed by atoms with van der Waals surface area (Å²) in [6.45, 7) is 8.06. The van der Waals surface area contributed by atoms with Crippen LogP contribution in [0.5, 0.6) is 11.5 Å². The Hall–Kier alpha value is -3.19. The van der Waals surface area contributed by atoms with Crippen LogP contribution in [0, 0.1) is 25.2 Å². The van der Waals surface area contributed by atoms with Crippen molar-refractivity contribution in [2.24, 2.45) is 5.92 Å². The summed E-state index contributed by atoms with van der Waals surface area (Å²) in [5.41, 5.74) is 5.37. The zero-order chi connectivity index (χ0) is 25.2. The van der Waals surface area contributed by atoms with E-state index in [9.17, 15) is 4.79 Å². The molecular weight excluding hydrogens is 450 g/mol. The Morgan fingerprint density at radius 3 is 2.61 bits per heavy atom. The van der Waals surface area contributed by atoms with Crippen LogP contribution >= 0.6 is 0 Å². The number of carbonyl (C=O) groups excluding carboxylic acids is 1. The lowest BCUT2D eigenvalue weighted by Gasteiger charge is -2.37. The lowest BCUT2D eigenvalue weighted by molar-refractivity contribution is -0.120. The Labute approximate surface area is 213 Å². The molecule has 1 aliphatic carbocycles. The first-order valence-corrected chi connectivity index (χ1v) is 13.2. The standard InChI is InChI=1S/C29H37N5O2/c1-18-4-11-27(20(3)33-18)36-28-24(22(16-30)17-32-23-12-14-31-15-13-23)9-10-26-25(28)8-5-19(2)34(26)29(35)21-6-7-21/h4,9-11,16-17,19,21,23,30-32H,5-8,12-15H2,1-3H3/b22-17+,30-16?/t19-/m0/s1. The van der Waals surface area contributed by atoms with Gasteiger partial charge in [0.25, 0.3) is 0 Å². The van der Waals surface area contributed by atoms with Crippen molar-refractivity contribution in [3.63, 3.8) is 0 Å². The molecule has 3 heterocycles. The minimum absolute atomic E-state index is 0.150. The molecule has 0 bridgehead atoms. The van der Waals surface area contributed by atoms with Gasteiger partial charge < -0.3 is 25.7 Å². The van der Waals surface area contributed by atoms with Gasteiger partial charge in [0.1, 0.15) is 11.5 Å². The Morgan fingerprint density at radius 1 is 1.14 bits per heavy atom. The molecule has 1 atom stereocenters. The SMILES string of the molecule is Cc1ccc(Oc2c(/C(C=N)=C/NC3CCNCC3)ccc3c2CC[C@H](C)N3C(=O)C2CC2)c(C)n1. The third-order valence-electron chi connectivity index (χ3n) is 7.58. The number of rotatable bonds is 7. The number of carbonyl (C=O) groups is 1. The average Bonchev–Trinajstić information content (AvgIpc) is 3.72. The van der Waals surface area contributed by atoms with Gasteiger partial charge in [0.15, 0.2) is 0 Å². The van der Waals surface area contributed by atoms with E-state index in [4.69, 9.17) is 10.1 Å². The summed E-state index contributed by atoms with van der Waals surface area (Å²) in [6.07, 6.45) is 9.12. The van der Waals surface area contributed by atoms with Gasteiger partial charge in [-0.15, -0.1) is 0 Å². The highest BCUT2D eigenvalue weighted by molar-refractivity contribution is 6.10. The van der Waals surface area contributed by atoms with Gasteiger partial charge in [0.2, 0.25) is 5.91 Å². The second kappa shape index (κ2) is 10.4. The Bertz CT molecular complexity index is 1180. The number of allylic oxidation sites excluding steroid dienone is 1. The molecule has 190 valence electrons. The number of nitrogens with zero attached hydrogens (tertiary/aromatic N) is 2. The fourth-order valence-electron chi connectivity index (χ4n) is 5.30. The number of amides is 1. The Morgan fingerprint density at radius 2 is 1.92 bits per heavy atom. The number of nitrogens with one attached hydrogen (secondary N) is 3. The molecule has 7 heteroatoms. The van der Waals surface area contributed by atoms with Crippen LogP contribution in [0.2, 0.25) is 0 Å². The molecule has 1 saturated carbocycles. The summed E-state index contributed by atoms with van der Waals surface area (Å²) in [5.74, 6) is 1.80. The minimum atomic E-state index is 0.150. The van der Waals surface area contributed by atoms with Gasteiger partial charge in [0.05, 0.1) is 11.4 Å². The van der Waals surface area contributed by atoms with Crippen LogP contribution in [0.25, 0.3) is 5.57 Å². The number of aryl methyl sites for hydroxylation is 2. The van der Waals surface area contributed by atoms with E-state index in [0.29, 0.717) is 11.8 Å². The zero-order valence-electron chi connectivity index (χ0n) is 21.6. The second-order valence-corrected chi connectivity index (χ2v) is 10.4. The van der Waals surface area contributed by atoms with Crippen molar-refractivity contribution in [1.29, 1.82) is 5.41 Å². The molecule has 0 spiro atoms. The monoisotopic (exact) mass is 487 g/mol. The van der Waals surface area contributed by atoms with Gasteiger partial charge in [-0.25, -0.2) is 0 Å². The van der Waals surface area contributed by atoms with Gasteiger partial charge in [-0.1, -0.05) is 0 Å². The van der Waals surface area contributed by atoms with Crippen molar-refractivity contribution in [1.82, 2.24) is 15.6 Å². The fourth-order valence-corrected chi connectivity index (χ4v) is 5.30. The predicted octanol–water partition coefficient (Wildman–Crippen LogP) is 4.90. The van der Waals surface area contributed by atoms with Crippen LogP contribution in [0.3, 0.4) is 0 Å². The molecule has 1 amide bonds. The lowest BCUT2D eigenvalue weighted by Crippen LogP contribution is -2.43. The van der Waals surface area contributed by atoms with Crippen LogP contribution < -0.4 is 20.3 Å². The summed E-state index contributed by atoms with van der Waals surface area (Å²) in [7, 11) is 0. The summed E-state index contributed by atoms with van der Waals surface area (Å²) in [6, 6.07) is 8.52. The molecule has 1 aromatic carbocycles. The maximum atomic E-state index is 13.3. The first-order chi connectivity index (χ1) is 17.5. The molecule has 0 radical (unpaired) electrons. The number of ether oxygens (including phenoxy) is 1. The van der Waals surface area contributed by atoms with Crippen LogP contribution in [-0.4, -0.2) is 42.3 Å². The van der Waals surface area contributed by atoms with E-state index in [1.165, 1.54) is 6.21 Å². The van der Waals surface area contributed by atoms with Crippen molar-refractivity contribution < 1.29 is 9.53 Å². The molecule has 7 nitrogen and oxygen atoms in total. The summed E-state index contributed by atoms with van der Waals surface area (Å²) in [5, 5.41) is 15.2. The third kappa shape index (κ3) is 5.03. The fraction of sp³-hybridized carbons (Fsp3) is 0.483. The van der Waals surface area contributed by atoms with Gasteiger partial charge in [-0.2, -0.15) is 0 Å². The van der Waals surface area contributed by atoms with E-state index in [-0.39, 0.29) is 17.9 Å². The van der Waals surface area contributed by atoms with Crippen molar-refractivity contribution >= 4 is 23.4 Å². The van der Waals surface area contributed by atoms with Crippen LogP contribution in [0.4, 0.5) is 5.69 Å². The molecule has 1 saturated heterocycles. The highest BCUT2D eigenvalue weighted by Gasteiger charge is 2.39. The maximum Gasteiger partial charge on any atom is 0.230 e. The molecule has 5 rings (SSSR count). The molecule has 0 unspecified atom stereocenters. The summed E-state index contributed by atoms with van der Waals surface area (Å²) < 4.78 is 6.63. The van der Waals surface area contributed by atoms with E-state index in [0.717, 1.165) is 91.1 Å². The van der Waals surface area contributed by atoms with E-state index < -0.39 is 0 Å². The summed E-state index contributed by atoms with van der Waals surface area (Å²) in [4.78, 5) is 19.8. The quantitative estimate of drug-likeness (QED) is 0.483. The molecule has 3 N–H and O–H groups in total. The molecule has 36 heavy (non-hydrogen) atoms. The number of benzene rings is 1. The normalized spacial score (nSPS) is 20.6. The van der Waals surface area contributed by atoms with E-state index >= 15 is 0 Å². The predicted molar refractivity (Wildman–Crippen MR) is 144 cm³/mol. The smallest absolute Gasteiger partial charge is 0.230 e.